The zero-order chi connectivity index (χ0) is 13.1. The molecule has 92 valence electrons. The van der Waals surface area contributed by atoms with E-state index >= 15 is 0 Å². The maximum Gasteiger partial charge on any atom is 0.161 e. The SMILES string of the molecule is CC(=O)c1ccc(Sc2ccc(C)cc2)cc1Cl. The van der Waals surface area contributed by atoms with E-state index < -0.39 is 0 Å². The molecule has 0 amide bonds. The van der Waals surface area contributed by atoms with Gasteiger partial charge in [0.1, 0.15) is 0 Å². The number of ketones is 1. The van der Waals surface area contributed by atoms with Gasteiger partial charge in [0.15, 0.2) is 5.78 Å². The molecule has 1 nitrogen and oxygen atoms in total. The van der Waals surface area contributed by atoms with Gasteiger partial charge in [-0.2, -0.15) is 0 Å². The number of Topliss-reactive ketones (excluding diaryl/α,β-unsaturated/α-hetero) is 1. The summed E-state index contributed by atoms with van der Waals surface area (Å²) in [4.78, 5) is 13.5. The van der Waals surface area contributed by atoms with Gasteiger partial charge >= 0.3 is 0 Å². The zero-order valence-corrected chi connectivity index (χ0v) is 11.8. The van der Waals surface area contributed by atoms with Crippen LogP contribution in [0.4, 0.5) is 0 Å². The summed E-state index contributed by atoms with van der Waals surface area (Å²) in [6, 6.07) is 13.8. The van der Waals surface area contributed by atoms with Crippen molar-refractivity contribution in [3.8, 4) is 0 Å². The van der Waals surface area contributed by atoms with E-state index in [1.54, 1.807) is 17.8 Å². The van der Waals surface area contributed by atoms with Crippen LogP contribution < -0.4 is 0 Å². The Morgan fingerprint density at radius 3 is 2.22 bits per heavy atom. The Kier molecular flexibility index (Phi) is 4.10. The summed E-state index contributed by atoms with van der Waals surface area (Å²) in [6.07, 6.45) is 0. The minimum atomic E-state index is -0.00751. The fourth-order valence-corrected chi connectivity index (χ4v) is 2.82. The number of hydrogen-bond acceptors (Lipinski definition) is 2. The van der Waals surface area contributed by atoms with Gasteiger partial charge in [0.05, 0.1) is 5.02 Å². The van der Waals surface area contributed by atoms with Crippen molar-refractivity contribution in [2.75, 3.05) is 0 Å². The third kappa shape index (κ3) is 3.15. The van der Waals surface area contributed by atoms with E-state index in [0.717, 1.165) is 9.79 Å². The number of carbonyl (C=O) groups excluding carboxylic acids is 1. The summed E-state index contributed by atoms with van der Waals surface area (Å²) in [7, 11) is 0. The fourth-order valence-electron chi connectivity index (χ4n) is 1.59. The first-order chi connectivity index (χ1) is 8.56. The average Bonchev–Trinajstić information content (AvgIpc) is 2.32. The molecule has 0 aromatic heterocycles. The summed E-state index contributed by atoms with van der Waals surface area (Å²) in [5.41, 5.74) is 1.81. The molecule has 2 aromatic carbocycles. The van der Waals surface area contributed by atoms with Crippen LogP contribution in [-0.2, 0) is 0 Å². The lowest BCUT2D eigenvalue weighted by atomic mass is 10.1. The van der Waals surface area contributed by atoms with E-state index in [1.807, 2.05) is 12.1 Å². The Balaban J connectivity index is 2.22. The maximum absolute atomic E-state index is 11.3. The predicted octanol–water partition coefficient (Wildman–Crippen LogP) is 5.00. The monoisotopic (exact) mass is 276 g/mol. The first-order valence-corrected chi connectivity index (χ1v) is 6.81. The lowest BCUT2D eigenvalue weighted by molar-refractivity contribution is 0.101. The van der Waals surface area contributed by atoms with Crippen molar-refractivity contribution in [1.29, 1.82) is 0 Å². The molecule has 0 radical (unpaired) electrons. The van der Waals surface area contributed by atoms with E-state index in [-0.39, 0.29) is 5.78 Å². The molecule has 0 saturated carbocycles. The van der Waals surface area contributed by atoms with Crippen LogP contribution in [0, 0.1) is 6.92 Å². The highest BCUT2D eigenvalue weighted by Gasteiger charge is 2.06. The molecule has 0 aliphatic heterocycles. The van der Waals surface area contributed by atoms with Gasteiger partial charge in [-0.1, -0.05) is 41.1 Å². The van der Waals surface area contributed by atoms with Gasteiger partial charge in [-0.05, 0) is 44.2 Å². The highest BCUT2D eigenvalue weighted by molar-refractivity contribution is 7.99. The second-order valence-electron chi connectivity index (χ2n) is 4.11. The van der Waals surface area contributed by atoms with Gasteiger partial charge in [0.25, 0.3) is 0 Å². The average molecular weight is 277 g/mol. The molecular weight excluding hydrogens is 264 g/mol. The lowest BCUT2D eigenvalue weighted by Gasteiger charge is -2.05. The fraction of sp³-hybridized carbons (Fsp3) is 0.133. The molecule has 0 heterocycles. The minimum absolute atomic E-state index is 0.00751. The van der Waals surface area contributed by atoms with Gasteiger partial charge in [-0.25, -0.2) is 0 Å². The Labute approximate surface area is 116 Å². The van der Waals surface area contributed by atoms with Gasteiger partial charge < -0.3 is 0 Å². The molecule has 2 rings (SSSR count). The Hall–Kier alpha value is -1.25. The molecule has 0 aliphatic rings. The second kappa shape index (κ2) is 5.59. The smallest absolute Gasteiger partial charge is 0.161 e. The van der Waals surface area contributed by atoms with Crippen molar-refractivity contribution in [3.63, 3.8) is 0 Å². The van der Waals surface area contributed by atoms with Gasteiger partial charge in [-0.15, -0.1) is 0 Å². The summed E-state index contributed by atoms with van der Waals surface area (Å²) in [5.74, 6) is -0.00751. The molecule has 0 atom stereocenters. The molecule has 2 aromatic rings. The van der Waals surface area contributed by atoms with E-state index in [2.05, 4.69) is 31.2 Å². The predicted molar refractivity (Wildman–Crippen MR) is 76.8 cm³/mol. The van der Waals surface area contributed by atoms with Crippen molar-refractivity contribution < 1.29 is 4.79 Å². The Morgan fingerprint density at radius 2 is 1.67 bits per heavy atom. The van der Waals surface area contributed by atoms with E-state index in [0.29, 0.717) is 10.6 Å². The van der Waals surface area contributed by atoms with Gasteiger partial charge in [-0.3, -0.25) is 4.79 Å². The molecule has 3 heteroatoms. The number of rotatable bonds is 3. The normalized spacial score (nSPS) is 10.4. The quantitative estimate of drug-likeness (QED) is 0.734. The van der Waals surface area contributed by atoms with Gasteiger partial charge in [0, 0.05) is 15.4 Å². The van der Waals surface area contributed by atoms with Crippen LogP contribution in [-0.4, -0.2) is 5.78 Å². The molecule has 0 spiro atoms. The van der Waals surface area contributed by atoms with Crippen molar-refractivity contribution in [1.82, 2.24) is 0 Å². The number of hydrogen-bond donors (Lipinski definition) is 0. The molecule has 0 saturated heterocycles. The van der Waals surface area contributed by atoms with Crippen LogP contribution in [0.5, 0.6) is 0 Å². The van der Waals surface area contributed by atoms with Crippen LogP contribution in [0.2, 0.25) is 5.02 Å². The molecular formula is C15H13ClOS. The van der Waals surface area contributed by atoms with Crippen LogP contribution >= 0.6 is 23.4 Å². The molecule has 0 fully saturated rings. The van der Waals surface area contributed by atoms with Crippen molar-refractivity contribution in [2.45, 2.75) is 23.6 Å². The third-order valence-electron chi connectivity index (χ3n) is 2.58. The summed E-state index contributed by atoms with van der Waals surface area (Å²) in [6.45, 7) is 3.58. The Bertz CT molecular complexity index is 576. The molecule has 0 bridgehead atoms. The first-order valence-electron chi connectivity index (χ1n) is 5.61. The van der Waals surface area contributed by atoms with Crippen molar-refractivity contribution >= 4 is 29.1 Å². The van der Waals surface area contributed by atoms with E-state index in [1.165, 1.54) is 12.5 Å². The summed E-state index contributed by atoms with van der Waals surface area (Å²) < 4.78 is 0. The molecule has 18 heavy (non-hydrogen) atoms. The summed E-state index contributed by atoms with van der Waals surface area (Å²) in [5, 5.41) is 0.514. The van der Waals surface area contributed by atoms with E-state index in [9.17, 15) is 4.79 Å². The highest BCUT2D eigenvalue weighted by atomic mass is 35.5. The topological polar surface area (TPSA) is 17.1 Å². The maximum atomic E-state index is 11.3. The van der Waals surface area contributed by atoms with Crippen molar-refractivity contribution in [2.24, 2.45) is 0 Å². The number of carbonyl (C=O) groups is 1. The summed E-state index contributed by atoms with van der Waals surface area (Å²) >= 11 is 7.72. The molecule has 0 unspecified atom stereocenters. The minimum Gasteiger partial charge on any atom is -0.294 e. The Morgan fingerprint density at radius 1 is 1.06 bits per heavy atom. The third-order valence-corrected chi connectivity index (χ3v) is 3.89. The second-order valence-corrected chi connectivity index (χ2v) is 5.67. The van der Waals surface area contributed by atoms with Crippen LogP contribution in [0.1, 0.15) is 22.8 Å². The van der Waals surface area contributed by atoms with E-state index in [4.69, 9.17) is 11.6 Å². The number of aryl methyl sites for hydroxylation is 1. The zero-order valence-electron chi connectivity index (χ0n) is 10.2. The van der Waals surface area contributed by atoms with Crippen molar-refractivity contribution in [3.05, 3.63) is 58.6 Å². The number of benzene rings is 2. The highest BCUT2D eigenvalue weighted by Crippen LogP contribution is 2.31. The van der Waals surface area contributed by atoms with Crippen LogP contribution in [0.15, 0.2) is 52.3 Å². The van der Waals surface area contributed by atoms with Crippen LogP contribution in [0.3, 0.4) is 0 Å². The molecule has 0 N–H and O–H groups in total. The first kappa shape index (κ1) is 13.2. The molecule has 0 aliphatic carbocycles. The number of halogens is 1. The standard InChI is InChI=1S/C15H13ClOS/c1-10-3-5-12(6-4-10)18-13-7-8-14(11(2)17)15(16)9-13/h3-9H,1-2H3. The van der Waals surface area contributed by atoms with Crippen LogP contribution in [0.25, 0.3) is 0 Å². The lowest BCUT2D eigenvalue weighted by Crippen LogP contribution is -1.92. The largest absolute Gasteiger partial charge is 0.294 e. The van der Waals surface area contributed by atoms with Gasteiger partial charge in [0.2, 0.25) is 0 Å².